The summed E-state index contributed by atoms with van der Waals surface area (Å²) in [6.07, 6.45) is 1.42. The number of hydrogen-bond donors (Lipinski definition) is 2. The van der Waals surface area contributed by atoms with E-state index in [1.54, 1.807) is 0 Å². The molecule has 5 heteroatoms. The summed E-state index contributed by atoms with van der Waals surface area (Å²) in [4.78, 5) is -0.0487. The van der Waals surface area contributed by atoms with Gasteiger partial charge in [-0.15, -0.1) is 0 Å². The molecule has 0 aliphatic heterocycles. The molecule has 4 nitrogen and oxygen atoms in total. The summed E-state index contributed by atoms with van der Waals surface area (Å²) in [5, 5.41) is 1.75. The Hall–Kier alpha value is -1.59. The first-order chi connectivity index (χ1) is 7.98. The van der Waals surface area contributed by atoms with Crippen LogP contribution < -0.4 is 5.73 Å². The van der Waals surface area contributed by atoms with Gasteiger partial charge in [-0.3, -0.25) is 4.55 Å². The molecule has 1 aliphatic rings. The van der Waals surface area contributed by atoms with E-state index in [1.807, 2.05) is 18.2 Å². The van der Waals surface area contributed by atoms with Crippen molar-refractivity contribution in [3.05, 3.63) is 35.4 Å². The van der Waals surface area contributed by atoms with Crippen LogP contribution in [0.3, 0.4) is 0 Å². The van der Waals surface area contributed by atoms with Gasteiger partial charge in [0, 0.05) is 11.1 Å². The summed E-state index contributed by atoms with van der Waals surface area (Å²) in [6.45, 7) is 0. The van der Waals surface area contributed by atoms with Crippen molar-refractivity contribution >= 4 is 26.6 Å². The number of nitrogen functional groups attached to an aromatic ring is 1. The van der Waals surface area contributed by atoms with Gasteiger partial charge in [0.2, 0.25) is 0 Å². The van der Waals surface area contributed by atoms with Crippen LogP contribution >= 0.6 is 0 Å². The molecule has 0 saturated heterocycles. The molecule has 2 aromatic carbocycles. The molecule has 0 saturated carbocycles. The van der Waals surface area contributed by atoms with Crippen molar-refractivity contribution in [3.8, 4) is 0 Å². The van der Waals surface area contributed by atoms with Gasteiger partial charge >= 0.3 is 0 Å². The van der Waals surface area contributed by atoms with E-state index in [1.165, 1.54) is 6.07 Å². The molecule has 0 fully saturated rings. The van der Waals surface area contributed by atoms with E-state index in [4.69, 9.17) is 5.73 Å². The van der Waals surface area contributed by atoms with Crippen LogP contribution in [-0.4, -0.2) is 13.0 Å². The van der Waals surface area contributed by atoms with Crippen LogP contribution in [0.15, 0.2) is 29.2 Å². The van der Waals surface area contributed by atoms with E-state index < -0.39 is 10.1 Å². The molecule has 3 N–H and O–H groups in total. The zero-order valence-electron chi connectivity index (χ0n) is 8.97. The molecule has 3 rings (SSSR count). The lowest BCUT2D eigenvalue weighted by molar-refractivity contribution is 0.482. The van der Waals surface area contributed by atoms with Crippen LogP contribution in [-0.2, 0) is 23.0 Å². The van der Waals surface area contributed by atoms with E-state index in [0.29, 0.717) is 17.7 Å². The van der Waals surface area contributed by atoms with E-state index in [9.17, 15) is 13.0 Å². The highest BCUT2D eigenvalue weighted by Crippen LogP contribution is 2.38. The van der Waals surface area contributed by atoms with Gasteiger partial charge in [0.25, 0.3) is 10.1 Å². The molecule has 0 radical (unpaired) electrons. The van der Waals surface area contributed by atoms with E-state index in [-0.39, 0.29) is 4.90 Å². The predicted molar refractivity (Wildman–Crippen MR) is 65.6 cm³/mol. The van der Waals surface area contributed by atoms with E-state index >= 15 is 0 Å². The molecule has 0 aromatic heterocycles. The Morgan fingerprint density at radius 3 is 2.71 bits per heavy atom. The topological polar surface area (TPSA) is 80.4 Å². The van der Waals surface area contributed by atoms with Gasteiger partial charge in [-0.05, 0) is 35.4 Å². The second kappa shape index (κ2) is 3.21. The third kappa shape index (κ3) is 1.43. The number of hydrogen-bond acceptors (Lipinski definition) is 3. The summed E-state index contributed by atoms with van der Waals surface area (Å²) >= 11 is 0. The minimum atomic E-state index is -4.21. The first-order valence-corrected chi connectivity index (χ1v) is 6.73. The largest absolute Gasteiger partial charge is 0.398 e. The lowest BCUT2D eigenvalue weighted by Crippen LogP contribution is -2.04. The average Bonchev–Trinajstić information content (AvgIpc) is 2.67. The maximum Gasteiger partial charge on any atom is 0.294 e. The van der Waals surface area contributed by atoms with Crippen LogP contribution in [0.5, 0.6) is 0 Å². The fraction of sp³-hybridized carbons (Fsp3) is 0.167. The predicted octanol–water partition coefficient (Wildman–Crippen LogP) is 1.77. The van der Waals surface area contributed by atoms with Crippen molar-refractivity contribution in [2.24, 2.45) is 0 Å². The molecule has 2 aromatic rings. The van der Waals surface area contributed by atoms with Gasteiger partial charge in [0.1, 0.15) is 0 Å². The Morgan fingerprint density at radius 1 is 1.24 bits per heavy atom. The maximum atomic E-state index is 11.3. The van der Waals surface area contributed by atoms with Crippen molar-refractivity contribution in [2.75, 3.05) is 5.73 Å². The molecule has 0 bridgehead atoms. The smallest absolute Gasteiger partial charge is 0.294 e. The maximum absolute atomic E-state index is 11.3. The fourth-order valence-electron chi connectivity index (χ4n) is 2.57. The number of nitrogens with two attached hydrogens (primary N) is 1. The van der Waals surface area contributed by atoms with Crippen LogP contribution in [0.1, 0.15) is 11.1 Å². The van der Waals surface area contributed by atoms with Crippen molar-refractivity contribution in [1.29, 1.82) is 0 Å². The normalized spacial score (nSPS) is 14.4. The lowest BCUT2D eigenvalue weighted by atomic mass is 10.0. The Kier molecular flexibility index (Phi) is 1.99. The highest BCUT2D eigenvalue weighted by Gasteiger charge is 2.24. The summed E-state index contributed by atoms with van der Waals surface area (Å²) < 4.78 is 31.9. The zero-order chi connectivity index (χ0) is 12.2. The number of benzene rings is 2. The monoisotopic (exact) mass is 249 g/mol. The molecule has 0 unspecified atom stereocenters. The minimum absolute atomic E-state index is 0.0487. The SMILES string of the molecule is Nc1cc(S(=O)(=O)O)c2c3c(cccc13)CC2. The van der Waals surface area contributed by atoms with Gasteiger partial charge in [0.05, 0.1) is 4.90 Å². The fourth-order valence-corrected chi connectivity index (χ4v) is 3.36. The second-order valence-corrected chi connectivity index (χ2v) is 5.65. The van der Waals surface area contributed by atoms with Crippen molar-refractivity contribution in [2.45, 2.75) is 17.7 Å². The Morgan fingerprint density at radius 2 is 2.00 bits per heavy atom. The average molecular weight is 249 g/mol. The van der Waals surface area contributed by atoms with Gasteiger partial charge < -0.3 is 5.73 Å². The van der Waals surface area contributed by atoms with Crippen LogP contribution in [0.25, 0.3) is 10.8 Å². The number of aryl methyl sites for hydroxylation is 2. The zero-order valence-corrected chi connectivity index (χ0v) is 9.79. The standard InChI is InChI=1S/C12H11NO3S/c13-10-6-11(17(14,15)16)9-5-4-7-2-1-3-8(10)12(7)9/h1-3,6H,4-5,13H2,(H,14,15,16). The lowest BCUT2D eigenvalue weighted by Gasteiger charge is -2.09. The highest BCUT2D eigenvalue weighted by atomic mass is 32.2. The molecular formula is C12H11NO3S. The van der Waals surface area contributed by atoms with Crippen molar-refractivity contribution in [3.63, 3.8) is 0 Å². The first kappa shape index (κ1) is 10.6. The Labute approximate surface area is 98.8 Å². The van der Waals surface area contributed by atoms with Gasteiger partial charge in [-0.1, -0.05) is 18.2 Å². The van der Waals surface area contributed by atoms with Gasteiger partial charge in [-0.2, -0.15) is 8.42 Å². The third-order valence-electron chi connectivity index (χ3n) is 3.27. The number of anilines is 1. The molecule has 17 heavy (non-hydrogen) atoms. The van der Waals surface area contributed by atoms with Crippen LogP contribution in [0.2, 0.25) is 0 Å². The quantitative estimate of drug-likeness (QED) is 0.596. The Balaban J connectivity index is 2.54. The Bertz CT molecular complexity index is 735. The number of rotatable bonds is 1. The molecule has 88 valence electrons. The molecule has 0 heterocycles. The summed E-state index contributed by atoms with van der Waals surface area (Å²) in [7, 11) is -4.21. The minimum Gasteiger partial charge on any atom is -0.398 e. The summed E-state index contributed by atoms with van der Waals surface area (Å²) in [6, 6.07) is 7.10. The van der Waals surface area contributed by atoms with Crippen molar-refractivity contribution in [1.82, 2.24) is 0 Å². The molecular weight excluding hydrogens is 238 g/mol. The summed E-state index contributed by atoms with van der Waals surface area (Å²) in [5.41, 5.74) is 8.01. The van der Waals surface area contributed by atoms with E-state index in [0.717, 1.165) is 22.8 Å². The van der Waals surface area contributed by atoms with Crippen molar-refractivity contribution < 1.29 is 13.0 Å². The van der Waals surface area contributed by atoms with Gasteiger partial charge in [0.15, 0.2) is 0 Å². The van der Waals surface area contributed by atoms with Crippen LogP contribution in [0, 0.1) is 0 Å². The first-order valence-electron chi connectivity index (χ1n) is 5.29. The van der Waals surface area contributed by atoms with E-state index in [2.05, 4.69) is 0 Å². The molecule has 1 aliphatic carbocycles. The highest BCUT2D eigenvalue weighted by molar-refractivity contribution is 7.86. The van der Waals surface area contributed by atoms with Gasteiger partial charge in [-0.25, -0.2) is 0 Å². The third-order valence-corrected chi connectivity index (χ3v) is 4.19. The summed E-state index contributed by atoms with van der Waals surface area (Å²) in [5.74, 6) is 0. The van der Waals surface area contributed by atoms with Crippen LogP contribution in [0.4, 0.5) is 5.69 Å². The molecule has 0 atom stereocenters. The molecule has 0 spiro atoms. The molecule has 0 amide bonds. The second-order valence-electron chi connectivity index (χ2n) is 4.26.